The van der Waals surface area contributed by atoms with Crippen LogP contribution < -0.4 is 5.32 Å². The number of nitrogens with one attached hydrogen (secondary N) is 1. The molecule has 1 unspecified atom stereocenters. The zero-order valence-electron chi connectivity index (χ0n) is 12.8. The Morgan fingerprint density at radius 2 is 1.82 bits per heavy atom. The van der Waals surface area contributed by atoms with Gasteiger partial charge in [0.15, 0.2) is 5.78 Å². The first-order chi connectivity index (χ1) is 10.4. The molecule has 1 amide bonds. The number of carbonyl (C=O) groups is 3. The molecule has 1 atom stereocenters. The number of hydrogen-bond donors (Lipinski definition) is 2. The third-order valence-corrected chi connectivity index (χ3v) is 3.19. The van der Waals surface area contributed by atoms with E-state index in [1.807, 2.05) is 19.1 Å². The summed E-state index contributed by atoms with van der Waals surface area (Å²) in [5.74, 6) is -1.65. The number of aliphatic carboxylic acids is 1. The highest BCUT2D eigenvalue weighted by Crippen LogP contribution is 2.08. The van der Waals surface area contributed by atoms with Crippen molar-refractivity contribution in [3.05, 3.63) is 47.5 Å². The predicted molar refractivity (Wildman–Crippen MR) is 83.7 cm³/mol. The average Bonchev–Trinajstić information content (AvgIpc) is 2.49. The number of rotatable bonds is 8. The molecule has 1 rings (SSSR count). The Kier molecular flexibility index (Phi) is 7.02. The van der Waals surface area contributed by atoms with Crippen molar-refractivity contribution in [3.63, 3.8) is 0 Å². The van der Waals surface area contributed by atoms with Gasteiger partial charge in [-0.2, -0.15) is 0 Å². The maximum Gasteiger partial charge on any atom is 0.326 e. The molecule has 22 heavy (non-hydrogen) atoms. The predicted octanol–water partition coefficient (Wildman–Crippen LogP) is 2.49. The molecule has 0 spiro atoms. The number of amides is 1. The number of ketones is 1. The molecule has 1 aromatic carbocycles. The van der Waals surface area contributed by atoms with Crippen molar-refractivity contribution in [3.8, 4) is 0 Å². The number of hydrogen-bond acceptors (Lipinski definition) is 3. The van der Waals surface area contributed by atoms with E-state index < -0.39 is 17.9 Å². The summed E-state index contributed by atoms with van der Waals surface area (Å²) in [5.41, 5.74) is 1.62. The lowest BCUT2D eigenvalue weighted by molar-refractivity contribution is -0.141. The maximum atomic E-state index is 11.9. The molecule has 1 aromatic rings. The lowest BCUT2D eigenvalue weighted by atomic mass is 10.0. The van der Waals surface area contributed by atoms with Crippen molar-refractivity contribution in [2.45, 2.75) is 39.2 Å². The lowest BCUT2D eigenvalue weighted by Gasteiger charge is -2.12. The van der Waals surface area contributed by atoms with Crippen molar-refractivity contribution in [2.75, 3.05) is 0 Å². The first kappa shape index (κ1) is 17.6. The van der Waals surface area contributed by atoms with Crippen LogP contribution in [0.15, 0.2) is 36.4 Å². The fourth-order valence-corrected chi connectivity index (χ4v) is 1.87. The average molecular weight is 303 g/mol. The van der Waals surface area contributed by atoms with Gasteiger partial charge in [0.1, 0.15) is 6.04 Å². The summed E-state index contributed by atoms with van der Waals surface area (Å²) in [5, 5.41) is 11.4. The maximum absolute atomic E-state index is 11.9. The molecule has 0 aromatic heterocycles. The first-order valence-electron chi connectivity index (χ1n) is 7.17. The Balaban J connectivity index is 2.49. The minimum absolute atomic E-state index is 0.0215. The van der Waals surface area contributed by atoms with Gasteiger partial charge in [0.05, 0.1) is 0 Å². The van der Waals surface area contributed by atoms with Crippen molar-refractivity contribution in [2.24, 2.45) is 0 Å². The van der Waals surface area contributed by atoms with Gasteiger partial charge < -0.3 is 10.4 Å². The molecule has 0 aliphatic carbocycles. The van der Waals surface area contributed by atoms with Crippen LogP contribution in [-0.2, 0) is 9.59 Å². The van der Waals surface area contributed by atoms with Gasteiger partial charge in [-0.25, -0.2) is 4.79 Å². The summed E-state index contributed by atoms with van der Waals surface area (Å²) in [4.78, 5) is 34.7. The van der Waals surface area contributed by atoms with Gasteiger partial charge in [0.25, 0.3) is 0 Å². The van der Waals surface area contributed by atoms with Crippen LogP contribution in [0.5, 0.6) is 0 Å². The minimum Gasteiger partial charge on any atom is -0.480 e. The Morgan fingerprint density at radius 3 is 2.36 bits per heavy atom. The lowest BCUT2D eigenvalue weighted by Crippen LogP contribution is -2.40. The van der Waals surface area contributed by atoms with Crippen LogP contribution in [0, 0.1) is 6.92 Å². The summed E-state index contributed by atoms with van der Waals surface area (Å²) in [6.45, 7) is 3.71. The molecule has 5 nitrogen and oxygen atoms in total. The van der Waals surface area contributed by atoms with Crippen LogP contribution in [0.4, 0.5) is 0 Å². The van der Waals surface area contributed by atoms with Crippen molar-refractivity contribution in [1.82, 2.24) is 5.32 Å². The monoisotopic (exact) mass is 303 g/mol. The van der Waals surface area contributed by atoms with Gasteiger partial charge in [-0.3, -0.25) is 9.59 Å². The van der Waals surface area contributed by atoms with E-state index in [1.165, 1.54) is 0 Å². The summed E-state index contributed by atoms with van der Waals surface area (Å²) in [6, 6.07) is 6.16. The Morgan fingerprint density at radius 1 is 1.18 bits per heavy atom. The van der Waals surface area contributed by atoms with E-state index in [0.29, 0.717) is 5.56 Å². The van der Waals surface area contributed by atoms with E-state index in [1.54, 1.807) is 31.2 Å². The van der Waals surface area contributed by atoms with Crippen molar-refractivity contribution in [1.29, 1.82) is 0 Å². The summed E-state index contributed by atoms with van der Waals surface area (Å²) in [7, 11) is 0. The quantitative estimate of drug-likeness (QED) is 0.571. The van der Waals surface area contributed by atoms with Crippen LogP contribution in [0.1, 0.15) is 42.1 Å². The molecule has 0 saturated heterocycles. The fourth-order valence-electron chi connectivity index (χ4n) is 1.87. The molecule has 0 heterocycles. The van der Waals surface area contributed by atoms with E-state index in [9.17, 15) is 14.4 Å². The second-order valence-electron chi connectivity index (χ2n) is 5.05. The molecule has 0 saturated carbocycles. The minimum atomic E-state index is -1.09. The normalized spacial score (nSPS) is 12.1. The smallest absolute Gasteiger partial charge is 0.326 e. The van der Waals surface area contributed by atoms with Gasteiger partial charge in [0.2, 0.25) is 5.91 Å². The van der Waals surface area contributed by atoms with E-state index in [-0.39, 0.29) is 25.0 Å². The number of allylic oxidation sites excluding steroid dienone is 1. The topological polar surface area (TPSA) is 83.5 Å². The third kappa shape index (κ3) is 5.91. The van der Waals surface area contributed by atoms with Gasteiger partial charge in [-0.05, 0) is 20.3 Å². The highest BCUT2D eigenvalue weighted by Gasteiger charge is 2.18. The number of Topliss-reactive ketones (excluding diaryl/α,β-unsaturated/α-hetero) is 1. The largest absolute Gasteiger partial charge is 0.480 e. The number of carboxylic acids is 1. The molecule has 0 bridgehead atoms. The first-order valence-corrected chi connectivity index (χ1v) is 7.17. The van der Waals surface area contributed by atoms with Gasteiger partial charge in [-0.15, -0.1) is 0 Å². The van der Waals surface area contributed by atoms with E-state index in [2.05, 4.69) is 5.32 Å². The SMILES string of the molecule is C/C=C/CC(NC(=O)CCC(=O)c1ccc(C)cc1)C(=O)O. The van der Waals surface area contributed by atoms with E-state index in [4.69, 9.17) is 5.11 Å². The molecule has 0 radical (unpaired) electrons. The van der Waals surface area contributed by atoms with Crippen molar-refractivity contribution >= 4 is 17.7 Å². The van der Waals surface area contributed by atoms with E-state index in [0.717, 1.165) is 5.56 Å². The van der Waals surface area contributed by atoms with Crippen LogP contribution >= 0.6 is 0 Å². The fraction of sp³-hybridized carbons (Fsp3) is 0.353. The van der Waals surface area contributed by atoms with Crippen LogP contribution in [-0.4, -0.2) is 28.8 Å². The Hall–Kier alpha value is -2.43. The Bertz CT molecular complexity index is 561. The number of benzene rings is 1. The second kappa shape index (κ2) is 8.77. The molecule has 0 aliphatic heterocycles. The standard InChI is InChI=1S/C17H21NO4/c1-3-4-5-14(17(21)22)18-16(20)11-10-15(19)13-8-6-12(2)7-9-13/h3-4,6-9,14H,5,10-11H2,1-2H3,(H,18,20)(H,21,22)/b4-3+. The highest BCUT2D eigenvalue weighted by molar-refractivity contribution is 5.98. The number of carboxylic acid groups (broad SMARTS) is 1. The summed E-state index contributed by atoms with van der Waals surface area (Å²) in [6.07, 6.45) is 3.67. The second-order valence-corrected chi connectivity index (χ2v) is 5.05. The number of carbonyl (C=O) groups excluding carboxylic acids is 2. The van der Waals surface area contributed by atoms with E-state index >= 15 is 0 Å². The molecule has 0 aliphatic rings. The highest BCUT2D eigenvalue weighted by atomic mass is 16.4. The zero-order valence-corrected chi connectivity index (χ0v) is 12.8. The zero-order chi connectivity index (χ0) is 16.5. The molecule has 5 heteroatoms. The molecular weight excluding hydrogens is 282 g/mol. The van der Waals surface area contributed by atoms with Crippen LogP contribution in [0.25, 0.3) is 0 Å². The Labute approximate surface area is 130 Å². The van der Waals surface area contributed by atoms with Gasteiger partial charge in [0, 0.05) is 18.4 Å². The third-order valence-electron chi connectivity index (χ3n) is 3.19. The molecule has 0 fully saturated rings. The van der Waals surface area contributed by atoms with Crippen molar-refractivity contribution < 1.29 is 19.5 Å². The molecule has 2 N–H and O–H groups in total. The molecular formula is C17H21NO4. The van der Waals surface area contributed by atoms with Gasteiger partial charge >= 0.3 is 5.97 Å². The van der Waals surface area contributed by atoms with Crippen LogP contribution in [0.2, 0.25) is 0 Å². The number of aryl methyl sites for hydroxylation is 1. The summed E-state index contributed by atoms with van der Waals surface area (Å²) >= 11 is 0. The molecule has 118 valence electrons. The van der Waals surface area contributed by atoms with Crippen LogP contribution in [0.3, 0.4) is 0 Å². The van der Waals surface area contributed by atoms with Gasteiger partial charge in [-0.1, -0.05) is 42.0 Å². The summed E-state index contributed by atoms with van der Waals surface area (Å²) < 4.78 is 0.